The maximum atomic E-state index is 14.5. The first-order chi connectivity index (χ1) is 28.4. The fraction of sp³-hybridized carbons (Fsp3) is 0.609. The third-order valence-corrected chi connectivity index (χ3v) is 12.6. The molecule has 2 aliphatic carbocycles. The molecule has 2 N–H and O–H groups in total. The van der Waals surface area contributed by atoms with E-state index >= 15 is 0 Å². The van der Waals surface area contributed by atoms with Gasteiger partial charge in [0.15, 0.2) is 0 Å². The van der Waals surface area contributed by atoms with Gasteiger partial charge in [0.2, 0.25) is 18.0 Å². The average Bonchev–Trinajstić information content (AvgIpc) is 4.08. The van der Waals surface area contributed by atoms with Crippen molar-refractivity contribution < 1.29 is 43.5 Å². The largest absolute Gasteiger partial charge is 0.497 e. The Labute approximate surface area is 343 Å². The molecule has 0 aromatic heterocycles. The average molecular weight is 802 g/mol. The molecule has 2 aromatic rings. The molecule has 12 heteroatoms. The number of nitrogens with zero attached hydrogens (tertiary/aromatic N) is 3. The van der Waals surface area contributed by atoms with Gasteiger partial charge < -0.3 is 43.6 Å². The van der Waals surface area contributed by atoms with Crippen LogP contribution in [-0.2, 0) is 25.5 Å². The zero-order valence-corrected chi connectivity index (χ0v) is 34.4. The van der Waals surface area contributed by atoms with E-state index in [2.05, 4.69) is 23.6 Å². The van der Waals surface area contributed by atoms with E-state index < -0.39 is 18.1 Å². The van der Waals surface area contributed by atoms with E-state index in [1.807, 2.05) is 43.4 Å². The van der Waals surface area contributed by atoms with E-state index in [9.17, 15) is 15.0 Å². The summed E-state index contributed by atoms with van der Waals surface area (Å²) in [5.41, 5.74) is 3.64. The van der Waals surface area contributed by atoms with Gasteiger partial charge in [-0.25, -0.2) is 0 Å². The molecule has 3 heterocycles. The highest BCUT2D eigenvalue weighted by Gasteiger charge is 2.65. The van der Waals surface area contributed by atoms with Gasteiger partial charge >= 0.3 is 0 Å². The molecule has 12 nitrogen and oxygen atoms in total. The van der Waals surface area contributed by atoms with Gasteiger partial charge in [-0.2, -0.15) is 0 Å². The lowest BCUT2D eigenvalue weighted by molar-refractivity contribution is -0.255. The maximum absolute atomic E-state index is 14.5. The van der Waals surface area contributed by atoms with Crippen molar-refractivity contribution in [1.29, 1.82) is 0 Å². The lowest BCUT2D eigenvalue weighted by Crippen LogP contribution is -2.69. The number of benzene rings is 2. The Morgan fingerprint density at radius 1 is 1.07 bits per heavy atom. The Bertz CT molecular complexity index is 1760. The van der Waals surface area contributed by atoms with E-state index in [-0.39, 0.29) is 55.8 Å². The molecule has 2 saturated heterocycles. The van der Waals surface area contributed by atoms with Crippen LogP contribution in [0.1, 0.15) is 81.3 Å². The standard InChI is InChI=1S/C46H63N3O9/c1-4-24-56-46-41(48(2)42(52)28-32-12-11-14-34(27-32)53-3)31-39(47-58-43-16-7-10-25-55-43)37-29-33(13-5-8-22-50)36(15-6-9-23-51)44(45(37)46)38-30-35(17-18-40(38)57-46)54-26-21-49-19-20-49/h4,11-12,14,17-18,27,29-30,33,36,41,43-45,50-51H,1,5-10,13,15-16,19-26,28,31H2,2-3H3/t33-,36+,41-,43?,44+,45+,46+/m0/s1. The number of oxime groups is 1. The monoisotopic (exact) mass is 801 g/mol. The van der Waals surface area contributed by atoms with Crippen LogP contribution in [0.25, 0.3) is 0 Å². The molecule has 0 radical (unpaired) electrons. The van der Waals surface area contributed by atoms with Crippen molar-refractivity contribution in [2.45, 2.75) is 94.7 Å². The second kappa shape index (κ2) is 19.9. The number of amides is 1. The summed E-state index contributed by atoms with van der Waals surface area (Å²) in [5.74, 6) is 0.523. The van der Waals surface area contributed by atoms with Crippen LogP contribution in [0.4, 0.5) is 0 Å². The Balaban J connectivity index is 1.37. The molecule has 7 rings (SSSR count). The van der Waals surface area contributed by atoms with E-state index in [0.29, 0.717) is 44.0 Å². The topological polar surface area (TPSA) is 132 Å². The maximum Gasteiger partial charge on any atom is 0.239 e. The molecule has 3 aliphatic heterocycles. The summed E-state index contributed by atoms with van der Waals surface area (Å²) >= 11 is 0. The summed E-state index contributed by atoms with van der Waals surface area (Å²) in [7, 11) is 3.46. The molecular weight excluding hydrogens is 739 g/mol. The lowest BCUT2D eigenvalue weighted by Gasteiger charge is -2.59. The molecule has 0 bridgehead atoms. The van der Waals surface area contributed by atoms with E-state index in [4.69, 9.17) is 33.7 Å². The smallest absolute Gasteiger partial charge is 0.239 e. The molecule has 5 aliphatic rings. The van der Waals surface area contributed by atoms with Gasteiger partial charge in [0.05, 0.1) is 38.4 Å². The summed E-state index contributed by atoms with van der Waals surface area (Å²) in [4.78, 5) is 24.9. The number of unbranched alkanes of at least 4 members (excludes halogenated alkanes) is 2. The van der Waals surface area contributed by atoms with E-state index in [1.165, 1.54) is 0 Å². The lowest BCUT2D eigenvalue weighted by atomic mass is 9.55. The number of ether oxygens (including phenoxy) is 5. The summed E-state index contributed by atoms with van der Waals surface area (Å²) in [6.45, 7) is 8.81. The molecule has 1 saturated carbocycles. The van der Waals surface area contributed by atoms with Gasteiger partial charge in [-0.15, -0.1) is 6.58 Å². The third-order valence-electron chi connectivity index (χ3n) is 12.6. The first-order valence-electron chi connectivity index (χ1n) is 21.5. The van der Waals surface area contributed by atoms with Crippen LogP contribution in [-0.4, -0.2) is 117 Å². The highest BCUT2D eigenvalue weighted by Crippen LogP contribution is 2.62. The first kappa shape index (κ1) is 42.2. The first-order valence-corrected chi connectivity index (χ1v) is 21.5. The van der Waals surface area contributed by atoms with Crippen LogP contribution in [0.15, 0.2) is 71.9 Å². The Hall–Kier alpha value is -3.94. The summed E-state index contributed by atoms with van der Waals surface area (Å²) in [5, 5.41) is 24.7. The van der Waals surface area contributed by atoms with E-state index in [0.717, 1.165) is 92.7 Å². The van der Waals surface area contributed by atoms with Crippen molar-refractivity contribution in [3.05, 3.63) is 77.9 Å². The van der Waals surface area contributed by atoms with Gasteiger partial charge in [0.25, 0.3) is 0 Å². The van der Waals surface area contributed by atoms with Crippen molar-refractivity contribution in [1.82, 2.24) is 9.80 Å². The molecule has 0 spiro atoms. The minimum Gasteiger partial charge on any atom is -0.497 e. The number of hydrogen-bond donors (Lipinski definition) is 2. The Kier molecular flexibility index (Phi) is 14.5. The van der Waals surface area contributed by atoms with Gasteiger partial charge in [-0.1, -0.05) is 42.3 Å². The van der Waals surface area contributed by atoms with Crippen molar-refractivity contribution in [2.24, 2.45) is 22.9 Å². The second-order valence-corrected chi connectivity index (χ2v) is 16.4. The molecule has 1 amide bonds. The van der Waals surface area contributed by atoms with Gasteiger partial charge in [-0.3, -0.25) is 9.69 Å². The van der Waals surface area contributed by atoms with Crippen LogP contribution in [0, 0.1) is 17.8 Å². The fourth-order valence-electron chi connectivity index (χ4n) is 9.58. The molecule has 58 heavy (non-hydrogen) atoms. The third kappa shape index (κ3) is 9.57. The quantitative estimate of drug-likeness (QED) is 0.0647. The number of carbonyl (C=O) groups excluding carboxylic acids is 1. The highest BCUT2D eigenvalue weighted by atomic mass is 16.8. The molecule has 3 fully saturated rings. The summed E-state index contributed by atoms with van der Waals surface area (Å²) in [6.07, 6.45) is 11.7. The number of aliphatic hydroxyl groups is 2. The predicted octanol–water partition coefficient (Wildman–Crippen LogP) is 6.25. The number of likely N-dealkylation sites (N-methyl/N-ethyl adjacent to an activating group) is 1. The van der Waals surface area contributed by atoms with E-state index in [1.54, 1.807) is 18.1 Å². The van der Waals surface area contributed by atoms with Crippen LogP contribution >= 0.6 is 0 Å². The number of aliphatic hydroxyl groups excluding tert-OH is 2. The number of allylic oxidation sites excluding steroid dienone is 1. The molecule has 2 aromatic carbocycles. The minimum absolute atomic E-state index is 0.0959. The Morgan fingerprint density at radius 3 is 2.64 bits per heavy atom. The zero-order valence-electron chi connectivity index (χ0n) is 34.4. The highest BCUT2D eigenvalue weighted by molar-refractivity contribution is 6.03. The number of methoxy groups -OCH3 is 1. The van der Waals surface area contributed by atoms with Gasteiger partial charge in [0.1, 0.15) is 29.9 Å². The normalized spacial score (nSPS) is 28.1. The van der Waals surface area contributed by atoms with Gasteiger partial charge in [-0.05, 0) is 91.8 Å². The second-order valence-electron chi connectivity index (χ2n) is 16.4. The minimum atomic E-state index is -1.32. The van der Waals surface area contributed by atoms with Crippen LogP contribution in [0.5, 0.6) is 17.2 Å². The van der Waals surface area contributed by atoms with Crippen LogP contribution in [0.2, 0.25) is 0 Å². The van der Waals surface area contributed by atoms with Gasteiger partial charge in [0, 0.05) is 64.2 Å². The van der Waals surface area contributed by atoms with Crippen molar-refractivity contribution in [3.8, 4) is 17.2 Å². The summed E-state index contributed by atoms with van der Waals surface area (Å²) in [6, 6.07) is 13.1. The number of fused-ring (bicyclic) bond motifs is 2. The molecule has 1 unspecified atom stereocenters. The van der Waals surface area contributed by atoms with Crippen LogP contribution in [0.3, 0.4) is 0 Å². The summed E-state index contributed by atoms with van der Waals surface area (Å²) < 4.78 is 32.2. The fourth-order valence-corrected chi connectivity index (χ4v) is 9.58. The van der Waals surface area contributed by atoms with Crippen molar-refractivity contribution in [3.63, 3.8) is 0 Å². The predicted molar refractivity (Wildman–Crippen MR) is 221 cm³/mol. The number of carbonyl (C=O) groups is 1. The molecule has 7 atom stereocenters. The molecular formula is C46H63N3O9. The zero-order chi connectivity index (χ0) is 40.5. The SMILES string of the molecule is C=CCO[C@@]12Oc3ccc(OCCN4CC4)cc3[C@H]3[C@H](CCCCO)[C@@H](CCCCO)C=C(C(=NOC4CCCCO4)C[C@@H]1N(C)C(=O)Cc1cccc(OC)c1)[C@H]32. The number of hydrogen-bond acceptors (Lipinski definition) is 11. The molecule has 316 valence electrons. The van der Waals surface area contributed by atoms with Crippen molar-refractivity contribution >= 4 is 11.6 Å². The van der Waals surface area contributed by atoms with Crippen LogP contribution < -0.4 is 14.2 Å². The Morgan fingerprint density at radius 2 is 1.90 bits per heavy atom. The number of rotatable bonds is 21. The van der Waals surface area contributed by atoms with Crippen molar-refractivity contribution in [2.75, 3.05) is 66.8 Å².